The number of halogens is 1. The molecule has 140 valence electrons. The van der Waals surface area contributed by atoms with Crippen LogP contribution in [0.3, 0.4) is 0 Å². The molecule has 0 saturated heterocycles. The van der Waals surface area contributed by atoms with Gasteiger partial charge in [-0.2, -0.15) is 5.10 Å². The summed E-state index contributed by atoms with van der Waals surface area (Å²) in [6.07, 6.45) is 2.94. The standard InChI is InChI=1S/C18H19FN6O2/c1-2-26-17-9-13(10-21-23-18-24-22-12-25(18)20)7-8-16(17)27-11-14-5-3-4-6-15(14)19/h3-10,12H,2,11,20H2,1H3,(H,23,24)/b21-10-. The van der Waals surface area contributed by atoms with Gasteiger partial charge in [0.2, 0.25) is 0 Å². The van der Waals surface area contributed by atoms with Gasteiger partial charge in [-0.3, -0.25) is 0 Å². The van der Waals surface area contributed by atoms with Crippen molar-refractivity contribution in [2.45, 2.75) is 13.5 Å². The van der Waals surface area contributed by atoms with Gasteiger partial charge in [0.25, 0.3) is 5.95 Å². The Kier molecular flexibility index (Phi) is 5.83. The molecule has 0 aliphatic rings. The van der Waals surface area contributed by atoms with Crippen molar-refractivity contribution in [3.05, 3.63) is 65.7 Å². The lowest BCUT2D eigenvalue weighted by atomic mass is 10.2. The molecule has 0 aliphatic carbocycles. The van der Waals surface area contributed by atoms with Gasteiger partial charge in [-0.05, 0) is 36.8 Å². The maximum absolute atomic E-state index is 13.7. The molecule has 3 rings (SSSR count). The van der Waals surface area contributed by atoms with E-state index in [9.17, 15) is 4.39 Å². The lowest BCUT2D eigenvalue weighted by Gasteiger charge is -2.13. The zero-order chi connectivity index (χ0) is 19.1. The number of nitrogen functional groups attached to an aromatic ring is 1. The minimum Gasteiger partial charge on any atom is -0.490 e. The molecule has 3 aromatic rings. The van der Waals surface area contributed by atoms with E-state index in [-0.39, 0.29) is 12.4 Å². The first-order valence-electron chi connectivity index (χ1n) is 8.24. The van der Waals surface area contributed by atoms with Crippen LogP contribution < -0.4 is 20.7 Å². The Balaban J connectivity index is 1.70. The van der Waals surface area contributed by atoms with Crippen LogP contribution in [0.4, 0.5) is 10.3 Å². The fourth-order valence-electron chi connectivity index (χ4n) is 2.25. The maximum atomic E-state index is 13.7. The number of nitrogens with zero attached hydrogens (tertiary/aromatic N) is 4. The number of nitrogens with two attached hydrogens (primary N) is 1. The highest BCUT2D eigenvalue weighted by Crippen LogP contribution is 2.29. The number of hydrazone groups is 1. The first kappa shape index (κ1) is 18.2. The molecule has 1 aromatic heterocycles. The molecule has 8 nitrogen and oxygen atoms in total. The molecule has 1 heterocycles. The summed E-state index contributed by atoms with van der Waals surface area (Å²) in [5.74, 6) is 6.65. The van der Waals surface area contributed by atoms with E-state index in [4.69, 9.17) is 15.3 Å². The molecule has 0 bridgehead atoms. The number of benzene rings is 2. The number of nitrogens with one attached hydrogen (secondary N) is 1. The van der Waals surface area contributed by atoms with Gasteiger partial charge >= 0.3 is 0 Å². The SMILES string of the molecule is CCOc1cc(/C=N\Nc2nncn2N)ccc1OCc1ccccc1F. The van der Waals surface area contributed by atoms with E-state index in [1.54, 1.807) is 42.6 Å². The number of anilines is 1. The maximum Gasteiger partial charge on any atom is 0.263 e. The third-order valence-electron chi connectivity index (χ3n) is 3.56. The van der Waals surface area contributed by atoms with Crippen LogP contribution in [-0.4, -0.2) is 27.7 Å². The summed E-state index contributed by atoms with van der Waals surface area (Å²) >= 11 is 0. The Bertz CT molecular complexity index is 928. The van der Waals surface area contributed by atoms with Crippen LogP contribution in [0, 0.1) is 5.82 Å². The summed E-state index contributed by atoms with van der Waals surface area (Å²) in [5.41, 5.74) is 3.92. The molecule has 0 fully saturated rings. The smallest absolute Gasteiger partial charge is 0.263 e. The second-order valence-corrected chi connectivity index (χ2v) is 5.45. The first-order chi connectivity index (χ1) is 13.2. The third-order valence-corrected chi connectivity index (χ3v) is 3.56. The Morgan fingerprint density at radius 3 is 2.81 bits per heavy atom. The van der Waals surface area contributed by atoms with Crippen molar-refractivity contribution in [2.24, 2.45) is 5.10 Å². The second-order valence-electron chi connectivity index (χ2n) is 5.45. The monoisotopic (exact) mass is 370 g/mol. The van der Waals surface area contributed by atoms with Crippen molar-refractivity contribution >= 4 is 12.2 Å². The predicted octanol–water partition coefficient (Wildman–Crippen LogP) is 2.55. The van der Waals surface area contributed by atoms with Crippen LogP contribution in [0.5, 0.6) is 11.5 Å². The average molecular weight is 370 g/mol. The highest BCUT2D eigenvalue weighted by Gasteiger charge is 2.08. The van der Waals surface area contributed by atoms with Crippen molar-refractivity contribution in [1.82, 2.24) is 14.9 Å². The van der Waals surface area contributed by atoms with Gasteiger partial charge in [0.05, 0.1) is 12.8 Å². The van der Waals surface area contributed by atoms with Crippen molar-refractivity contribution in [2.75, 3.05) is 17.9 Å². The van der Waals surface area contributed by atoms with E-state index in [0.717, 1.165) is 5.56 Å². The van der Waals surface area contributed by atoms with Gasteiger partial charge in [-0.25, -0.2) is 14.5 Å². The molecule has 3 N–H and O–H groups in total. The van der Waals surface area contributed by atoms with Crippen LogP contribution in [0.1, 0.15) is 18.1 Å². The summed E-state index contributed by atoms with van der Waals surface area (Å²) in [5, 5.41) is 11.5. The van der Waals surface area contributed by atoms with E-state index in [0.29, 0.717) is 29.6 Å². The number of ether oxygens (including phenoxy) is 2. The van der Waals surface area contributed by atoms with Gasteiger partial charge in [-0.1, -0.05) is 18.2 Å². The Morgan fingerprint density at radius 2 is 2.07 bits per heavy atom. The van der Waals surface area contributed by atoms with Crippen LogP contribution in [-0.2, 0) is 6.61 Å². The van der Waals surface area contributed by atoms with E-state index in [1.807, 2.05) is 6.92 Å². The first-order valence-corrected chi connectivity index (χ1v) is 8.24. The molecule has 0 atom stereocenters. The fourth-order valence-corrected chi connectivity index (χ4v) is 2.25. The topological polar surface area (TPSA) is 99.6 Å². The molecule has 2 aromatic carbocycles. The molecule has 0 radical (unpaired) electrons. The number of hydrogen-bond acceptors (Lipinski definition) is 7. The highest BCUT2D eigenvalue weighted by atomic mass is 19.1. The van der Waals surface area contributed by atoms with Crippen LogP contribution in [0.2, 0.25) is 0 Å². The number of hydrogen-bond donors (Lipinski definition) is 2. The lowest BCUT2D eigenvalue weighted by molar-refractivity contribution is 0.266. The zero-order valence-corrected chi connectivity index (χ0v) is 14.7. The molecule has 0 aliphatic heterocycles. The minimum atomic E-state index is -0.307. The summed E-state index contributed by atoms with van der Waals surface area (Å²) in [7, 11) is 0. The molecule has 0 amide bonds. The van der Waals surface area contributed by atoms with E-state index < -0.39 is 0 Å². The minimum absolute atomic E-state index is 0.105. The molecular formula is C18H19FN6O2. The summed E-state index contributed by atoms with van der Waals surface area (Å²) in [4.78, 5) is 0. The second kappa shape index (κ2) is 8.65. The van der Waals surface area contributed by atoms with Gasteiger partial charge in [-0.15, -0.1) is 10.2 Å². The van der Waals surface area contributed by atoms with E-state index in [1.165, 1.54) is 17.1 Å². The molecular weight excluding hydrogens is 351 g/mol. The van der Waals surface area contributed by atoms with Gasteiger partial charge in [0.1, 0.15) is 18.8 Å². The molecule has 0 saturated carbocycles. The van der Waals surface area contributed by atoms with Crippen LogP contribution in [0.15, 0.2) is 53.9 Å². The fraction of sp³-hybridized carbons (Fsp3) is 0.167. The Hall–Kier alpha value is -3.62. The largest absolute Gasteiger partial charge is 0.490 e. The average Bonchev–Trinajstić information content (AvgIpc) is 3.07. The van der Waals surface area contributed by atoms with Crippen molar-refractivity contribution in [3.8, 4) is 11.5 Å². The van der Waals surface area contributed by atoms with E-state index in [2.05, 4.69) is 20.7 Å². The lowest BCUT2D eigenvalue weighted by Crippen LogP contribution is -2.10. The number of aromatic nitrogens is 3. The molecule has 0 spiro atoms. The van der Waals surface area contributed by atoms with Gasteiger partial charge < -0.3 is 15.3 Å². The predicted molar refractivity (Wildman–Crippen MR) is 99.7 cm³/mol. The van der Waals surface area contributed by atoms with E-state index >= 15 is 0 Å². The van der Waals surface area contributed by atoms with Gasteiger partial charge in [0, 0.05) is 5.56 Å². The zero-order valence-electron chi connectivity index (χ0n) is 14.7. The van der Waals surface area contributed by atoms with Crippen molar-refractivity contribution in [1.29, 1.82) is 0 Å². The summed E-state index contributed by atoms with van der Waals surface area (Å²) < 4.78 is 26.3. The quantitative estimate of drug-likeness (QED) is 0.359. The Morgan fingerprint density at radius 1 is 1.22 bits per heavy atom. The van der Waals surface area contributed by atoms with Crippen LogP contribution >= 0.6 is 0 Å². The normalized spacial score (nSPS) is 10.9. The van der Waals surface area contributed by atoms with Crippen molar-refractivity contribution in [3.63, 3.8) is 0 Å². The van der Waals surface area contributed by atoms with Gasteiger partial charge in [0.15, 0.2) is 11.5 Å². The molecule has 27 heavy (non-hydrogen) atoms. The molecule has 0 unspecified atom stereocenters. The highest BCUT2D eigenvalue weighted by molar-refractivity contribution is 5.81. The summed E-state index contributed by atoms with van der Waals surface area (Å²) in [6.45, 7) is 2.44. The summed E-state index contributed by atoms with van der Waals surface area (Å²) in [6, 6.07) is 11.8. The van der Waals surface area contributed by atoms with Crippen LogP contribution in [0.25, 0.3) is 0 Å². The third kappa shape index (κ3) is 4.72. The van der Waals surface area contributed by atoms with Crippen molar-refractivity contribution < 1.29 is 13.9 Å². The molecule has 9 heteroatoms. The number of rotatable bonds is 8. The Labute approximate surface area is 155 Å².